The van der Waals surface area contributed by atoms with E-state index in [1.54, 1.807) is 6.07 Å². The first kappa shape index (κ1) is 16.5. The lowest BCUT2D eigenvalue weighted by Gasteiger charge is -2.10. The van der Waals surface area contributed by atoms with E-state index in [2.05, 4.69) is 22.5 Å². The number of aliphatic imine (C=N–C) groups is 1. The fraction of sp³-hybridized carbons (Fsp3) is 0.385. The van der Waals surface area contributed by atoms with Crippen molar-refractivity contribution in [3.8, 4) is 5.75 Å². The van der Waals surface area contributed by atoms with Gasteiger partial charge < -0.3 is 21.1 Å². The minimum absolute atomic E-state index is 0. The average Bonchev–Trinajstić information content (AvgIpc) is 2.80. The Morgan fingerprint density at radius 3 is 3.05 bits per heavy atom. The van der Waals surface area contributed by atoms with Crippen molar-refractivity contribution in [2.24, 2.45) is 10.7 Å². The molecule has 1 aromatic carbocycles. The van der Waals surface area contributed by atoms with E-state index in [-0.39, 0.29) is 30.6 Å². The third-order valence-corrected chi connectivity index (χ3v) is 2.65. The highest BCUT2D eigenvalue weighted by atomic mass is 127. The number of amides is 1. The number of primary amides is 1. The summed E-state index contributed by atoms with van der Waals surface area (Å²) in [5.41, 5.74) is 6.08. The molecule has 1 aliphatic rings. The molecular weight excluding hydrogens is 371 g/mol. The maximum atomic E-state index is 10.6. The molecule has 0 aromatic heterocycles. The molecule has 0 saturated carbocycles. The number of carbonyl (C=O) groups is 1. The first-order chi connectivity index (χ1) is 9.13. The molecule has 0 spiro atoms. The van der Waals surface area contributed by atoms with Crippen LogP contribution in [0.25, 0.3) is 0 Å². The number of nitrogens with one attached hydrogen (secondary N) is 2. The van der Waals surface area contributed by atoms with Gasteiger partial charge in [-0.3, -0.25) is 9.79 Å². The Morgan fingerprint density at radius 1 is 1.60 bits per heavy atom. The molecule has 1 aromatic rings. The van der Waals surface area contributed by atoms with Crippen molar-refractivity contribution in [3.63, 3.8) is 0 Å². The Balaban J connectivity index is 0.00000200. The van der Waals surface area contributed by atoms with Gasteiger partial charge in [0.2, 0.25) is 0 Å². The van der Waals surface area contributed by atoms with Crippen LogP contribution in [0, 0.1) is 0 Å². The predicted octanol–water partition coefficient (Wildman–Crippen LogP) is 0.606. The first-order valence-electron chi connectivity index (χ1n) is 6.18. The minimum Gasteiger partial charge on any atom is -0.484 e. The molecule has 0 saturated heterocycles. The number of halogens is 1. The van der Waals surface area contributed by atoms with Gasteiger partial charge in [-0.2, -0.15) is 0 Å². The van der Waals surface area contributed by atoms with E-state index in [0.717, 1.165) is 18.1 Å². The monoisotopic (exact) mass is 390 g/mol. The molecule has 20 heavy (non-hydrogen) atoms. The van der Waals surface area contributed by atoms with Gasteiger partial charge in [-0.1, -0.05) is 12.1 Å². The van der Waals surface area contributed by atoms with E-state index in [9.17, 15) is 4.79 Å². The van der Waals surface area contributed by atoms with Gasteiger partial charge in [0.1, 0.15) is 5.75 Å². The zero-order valence-corrected chi connectivity index (χ0v) is 13.6. The second-order valence-corrected chi connectivity index (χ2v) is 4.49. The number of carbonyl (C=O) groups excluding carboxylic acids is 1. The van der Waals surface area contributed by atoms with Gasteiger partial charge in [-0.05, 0) is 24.6 Å². The minimum atomic E-state index is -0.484. The first-order valence-corrected chi connectivity index (χ1v) is 6.18. The smallest absolute Gasteiger partial charge is 0.255 e. The van der Waals surface area contributed by atoms with Crippen molar-refractivity contribution in [2.45, 2.75) is 19.5 Å². The van der Waals surface area contributed by atoms with Gasteiger partial charge in [0, 0.05) is 12.6 Å². The van der Waals surface area contributed by atoms with Crippen LogP contribution in [-0.4, -0.2) is 31.1 Å². The largest absolute Gasteiger partial charge is 0.484 e. The molecule has 1 amide bonds. The van der Waals surface area contributed by atoms with Gasteiger partial charge in [-0.15, -0.1) is 24.0 Å². The summed E-state index contributed by atoms with van der Waals surface area (Å²) in [6.45, 7) is 3.41. The number of guanidine groups is 1. The lowest BCUT2D eigenvalue weighted by Crippen LogP contribution is -2.37. The molecule has 0 radical (unpaired) electrons. The van der Waals surface area contributed by atoms with Gasteiger partial charge in [-0.25, -0.2) is 0 Å². The second kappa shape index (κ2) is 7.93. The van der Waals surface area contributed by atoms with Crippen molar-refractivity contribution < 1.29 is 9.53 Å². The zero-order chi connectivity index (χ0) is 13.7. The summed E-state index contributed by atoms with van der Waals surface area (Å²) < 4.78 is 5.25. The maximum Gasteiger partial charge on any atom is 0.255 e. The van der Waals surface area contributed by atoms with Crippen LogP contribution in [0.5, 0.6) is 5.75 Å². The van der Waals surface area contributed by atoms with Crippen LogP contribution in [-0.2, 0) is 11.3 Å². The van der Waals surface area contributed by atoms with Crippen molar-refractivity contribution in [3.05, 3.63) is 29.8 Å². The van der Waals surface area contributed by atoms with E-state index in [1.165, 1.54) is 0 Å². The Bertz CT molecular complexity index is 493. The number of ether oxygens (including phenoxy) is 1. The molecular formula is C13H19IN4O2. The maximum absolute atomic E-state index is 10.6. The fourth-order valence-electron chi connectivity index (χ4n) is 1.75. The molecule has 110 valence electrons. The highest BCUT2D eigenvalue weighted by Gasteiger charge is 2.11. The highest BCUT2D eigenvalue weighted by molar-refractivity contribution is 14.0. The van der Waals surface area contributed by atoms with Crippen molar-refractivity contribution >= 4 is 35.8 Å². The van der Waals surface area contributed by atoms with Crippen LogP contribution < -0.4 is 21.1 Å². The lowest BCUT2D eigenvalue weighted by atomic mass is 10.2. The zero-order valence-electron chi connectivity index (χ0n) is 11.3. The van der Waals surface area contributed by atoms with E-state index in [4.69, 9.17) is 10.5 Å². The third kappa shape index (κ3) is 5.24. The van der Waals surface area contributed by atoms with Gasteiger partial charge in [0.15, 0.2) is 12.6 Å². The van der Waals surface area contributed by atoms with E-state index >= 15 is 0 Å². The summed E-state index contributed by atoms with van der Waals surface area (Å²) in [4.78, 5) is 15.0. The summed E-state index contributed by atoms with van der Waals surface area (Å²) in [5.74, 6) is 0.964. The number of hydrogen-bond acceptors (Lipinski definition) is 5. The summed E-state index contributed by atoms with van der Waals surface area (Å²) in [6.07, 6.45) is 0. The predicted molar refractivity (Wildman–Crippen MR) is 88.3 cm³/mol. The fourth-order valence-corrected chi connectivity index (χ4v) is 1.75. The van der Waals surface area contributed by atoms with Crippen molar-refractivity contribution in [1.82, 2.24) is 10.6 Å². The van der Waals surface area contributed by atoms with Gasteiger partial charge in [0.05, 0.1) is 6.54 Å². The van der Waals surface area contributed by atoms with E-state index in [0.29, 0.717) is 18.3 Å². The number of rotatable bonds is 5. The molecule has 0 aliphatic carbocycles. The van der Waals surface area contributed by atoms with Gasteiger partial charge >= 0.3 is 0 Å². The van der Waals surface area contributed by atoms with Crippen LogP contribution in [0.1, 0.15) is 12.5 Å². The normalized spacial score (nSPS) is 16.6. The summed E-state index contributed by atoms with van der Waals surface area (Å²) in [5, 5.41) is 6.44. The Morgan fingerprint density at radius 2 is 2.40 bits per heavy atom. The van der Waals surface area contributed by atoms with Crippen LogP contribution >= 0.6 is 24.0 Å². The molecule has 2 rings (SSSR count). The Hall–Kier alpha value is -1.51. The number of hydrogen-bond donors (Lipinski definition) is 3. The van der Waals surface area contributed by atoms with E-state index < -0.39 is 5.91 Å². The van der Waals surface area contributed by atoms with Crippen LogP contribution in [0.15, 0.2) is 29.3 Å². The number of nitrogens with two attached hydrogens (primary N) is 1. The van der Waals surface area contributed by atoms with Gasteiger partial charge in [0.25, 0.3) is 5.91 Å². The SMILES string of the molecule is CC1CN=C(NCc2cccc(OCC(N)=O)c2)N1.I. The topological polar surface area (TPSA) is 88.7 Å². The molecule has 0 fully saturated rings. The highest BCUT2D eigenvalue weighted by Crippen LogP contribution is 2.13. The lowest BCUT2D eigenvalue weighted by molar-refractivity contribution is -0.119. The Labute approximate surface area is 135 Å². The van der Waals surface area contributed by atoms with E-state index in [1.807, 2.05) is 18.2 Å². The Kier molecular flexibility index (Phi) is 6.56. The molecule has 4 N–H and O–H groups in total. The van der Waals surface area contributed by atoms with Crippen LogP contribution in [0.4, 0.5) is 0 Å². The van der Waals surface area contributed by atoms with Crippen molar-refractivity contribution in [1.29, 1.82) is 0 Å². The van der Waals surface area contributed by atoms with Crippen molar-refractivity contribution in [2.75, 3.05) is 13.2 Å². The second-order valence-electron chi connectivity index (χ2n) is 4.49. The number of nitrogens with zero attached hydrogens (tertiary/aromatic N) is 1. The summed E-state index contributed by atoms with van der Waals surface area (Å²) in [7, 11) is 0. The molecule has 0 bridgehead atoms. The van der Waals surface area contributed by atoms with Crippen LogP contribution in [0.3, 0.4) is 0 Å². The summed E-state index contributed by atoms with van der Waals surface area (Å²) >= 11 is 0. The standard InChI is InChI=1S/C13H18N4O2.HI/c1-9-6-15-13(17-9)16-7-10-3-2-4-11(5-10)19-8-12(14)18;/h2-5,9H,6-8H2,1H3,(H2,14,18)(H2,15,16,17);1H. The quantitative estimate of drug-likeness (QED) is 0.643. The average molecular weight is 390 g/mol. The molecule has 1 aliphatic heterocycles. The molecule has 1 atom stereocenters. The number of benzene rings is 1. The molecule has 1 heterocycles. The summed E-state index contributed by atoms with van der Waals surface area (Å²) in [6, 6.07) is 7.89. The molecule has 7 heteroatoms. The molecule has 1 unspecified atom stereocenters. The molecule has 6 nitrogen and oxygen atoms in total. The van der Waals surface area contributed by atoms with Crippen LogP contribution in [0.2, 0.25) is 0 Å². The third-order valence-electron chi connectivity index (χ3n) is 2.65.